The predicted molar refractivity (Wildman–Crippen MR) is 92.4 cm³/mol. The summed E-state index contributed by atoms with van der Waals surface area (Å²) in [6.45, 7) is 0. The van der Waals surface area contributed by atoms with Gasteiger partial charge in [0.15, 0.2) is 0 Å². The molecule has 0 aliphatic rings. The Morgan fingerprint density at radius 3 is 2.72 bits per heavy atom. The fraction of sp³-hybridized carbons (Fsp3) is 0.111. The molecular weight excluding hydrogens is 318 g/mol. The molecular formula is C18H15N5O2. The summed E-state index contributed by atoms with van der Waals surface area (Å²) in [5, 5.41) is 25.5. The first kappa shape index (κ1) is 15.1. The van der Waals surface area contributed by atoms with Crippen molar-refractivity contribution in [3.05, 3.63) is 60.3 Å². The molecule has 0 saturated carbocycles. The van der Waals surface area contributed by atoms with Crippen LogP contribution in [0, 0.1) is 0 Å². The number of nitrogens with one attached hydrogen (secondary N) is 1. The van der Waals surface area contributed by atoms with E-state index in [4.69, 9.17) is 5.11 Å². The van der Waals surface area contributed by atoms with Crippen LogP contribution in [0.25, 0.3) is 28.0 Å². The van der Waals surface area contributed by atoms with Crippen molar-refractivity contribution in [2.24, 2.45) is 0 Å². The molecule has 0 saturated heterocycles. The second-order valence-electron chi connectivity index (χ2n) is 5.73. The molecule has 0 aliphatic heterocycles. The lowest BCUT2D eigenvalue weighted by Crippen LogP contribution is -1.98. The van der Waals surface area contributed by atoms with Crippen LogP contribution in [0.5, 0.6) is 0 Å². The number of aromatic amines is 1. The van der Waals surface area contributed by atoms with Crippen LogP contribution in [0.4, 0.5) is 0 Å². The lowest BCUT2D eigenvalue weighted by molar-refractivity contribution is -0.136. The Morgan fingerprint density at radius 2 is 1.92 bits per heavy atom. The summed E-state index contributed by atoms with van der Waals surface area (Å²) in [4.78, 5) is 10.6. The Hall–Kier alpha value is -3.48. The molecule has 0 amide bonds. The molecule has 0 radical (unpaired) electrons. The van der Waals surface area contributed by atoms with Gasteiger partial charge in [0, 0.05) is 11.8 Å². The number of aryl methyl sites for hydroxylation is 1. The van der Waals surface area contributed by atoms with E-state index in [0.29, 0.717) is 12.1 Å². The largest absolute Gasteiger partial charge is 0.481 e. The van der Waals surface area contributed by atoms with Gasteiger partial charge in [-0.15, -0.1) is 5.10 Å². The number of carboxylic acid groups (broad SMARTS) is 1. The number of benzene rings is 2. The highest BCUT2D eigenvalue weighted by molar-refractivity contribution is 5.91. The Balaban J connectivity index is 1.60. The Kier molecular flexibility index (Phi) is 3.74. The van der Waals surface area contributed by atoms with Crippen molar-refractivity contribution in [1.82, 2.24) is 25.2 Å². The van der Waals surface area contributed by atoms with Crippen molar-refractivity contribution in [2.75, 3.05) is 0 Å². The number of rotatable bonds is 5. The number of hydrogen-bond donors (Lipinski definition) is 2. The molecule has 0 fully saturated rings. The topological polar surface area (TPSA) is 96.7 Å². The summed E-state index contributed by atoms with van der Waals surface area (Å²) in [6, 6.07) is 15.5. The summed E-state index contributed by atoms with van der Waals surface area (Å²) in [5.41, 5.74) is 4.24. The Labute approximate surface area is 142 Å². The fourth-order valence-corrected chi connectivity index (χ4v) is 2.72. The highest BCUT2D eigenvalue weighted by Gasteiger charge is 2.12. The van der Waals surface area contributed by atoms with Gasteiger partial charge in [0.1, 0.15) is 11.4 Å². The zero-order valence-electron chi connectivity index (χ0n) is 13.3. The SMILES string of the molecule is O=C(O)CCc1ccc(-n2cc(-c3n[nH]c4ccccc34)nn2)cc1. The summed E-state index contributed by atoms with van der Waals surface area (Å²) in [5.74, 6) is -0.795. The van der Waals surface area contributed by atoms with Gasteiger partial charge >= 0.3 is 5.97 Å². The summed E-state index contributed by atoms with van der Waals surface area (Å²) in [6.07, 6.45) is 2.46. The Morgan fingerprint density at radius 1 is 1.12 bits per heavy atom. The smallest absolute Gasteiger partial charge is 0.303 e. The minimum Gasteiger partial charge on any atom is -0.481 e. The normalized spacial score (nSPS) is 11.0. The molecule has 2 N–H and O–H groups in total. The summed E-state index contributed by atoms with van der Waals surface area (Å²) >= 11 is 0. The van der Waals surface area contributed by atoms with Gasteiger partial charge in [-0.25, -0.2) is 4.68 Å². The number of aromatic nitrogens is 5. The maximum Gasteiger partial charge on any atom is 0.303 e. The molecule has 0 spiro atoms. The van der Waals surface area contributed by atoms with E-state index in [0.717, 1.165) is 27.8 Å². The van der Waals surface area contributed by atoms with E-state index in [1.165, 1.54) is 0 Å². The van der Waals surface area contributed by atoms with Crippen LogP contribution in [0.15, 0.2) is 54.7 Å². The minimum atomic E-state index is -0.795. The third-order valence-corrected chi connectivity index (χ3v) is 4.03. The first-order valence-electron chi connectivity index (χ1n) is 7.87. The molecule has 25 heavy (non-hydrogen) atoms. The Bertz CT molecular complexity index is 1030. The molecule has 2 heterocycles. The molecule has 0 unspecified atom stereocenters. The fourth-order valence-electron chi connectivity index (χ4n) is 2.72. The molecule has 7 nitrogen and oxygen atoms in total. The van der Waals surface area contributed by atoms with Crippen LogP contribution < -0.4 is 0 Å². The maximum atomic E-state index is 10.6. The molecule has 4 aromatic rings. The van der Waals surface area contributed by atoms with Crippen molar-refractivity contribution in [3.63, 3.8) is 0 Å². The quantitative estimate of drug-likeness (QED) is 0.585. The van der Waals surface area contributed by atoms with Crippen molar-refractivity contribution >= 4 is 16.9 Å². The number of nitrogens with zero attached hydrogens (tertiary/aromatic N) is 4. The maximum absolute atomic E-state index is 10.6. The van der Waals surface area contributed by atoms with Gasteiger partial charge in [0.25, 0.3) is 0 Å². The first-order chi connectivity index (χ1) is 12.2. The molecule has 0 aliphatic carbocycles. The molecule has 2 aromatic heterocycles. The van der Waals surface area contributed by atoms with E-state index in [1.807, 2.05) is 54.7 Å². The number of carbonyl (C=O) groups is 1. The molecule has 124 valence electrons. The van der Waals surface area contributed by atoms with E-state index in [9.17, 15) is 4.79 Å². The average molecular weight is 333 g/mol. The second kappa shape index (κ2) is 6.20. The minimum absolute atomic E-state index is 0.124. The lowest BCUT2D eigenvalue weighted by Gasteiger charge is -2.02. The van der Waals surface area contributed by atoms with Crippen LogP contribution in [0.1, 0.15) is 12.0 Å². The van der Waals surface area contributed by atoms with E-state index in [1.54, 1.807) is 4.68 Å². The third kappa shape index (κ3) is 2.99. The van der Waals surface area contributed by atoms with E-state index in [2.05, 4.69) is 20.5 Å². The zero-order chi connectivity index (χ0) is 17.2. The first-order valence-corrected chi connectivity index (χ1v) is 7.87. The molecule has 0 atom stereocenters. The third-order valence-electron chi connectivity index (χ3n) is 4.03. The van der Waals surface area contributed by atoms with Crippen LogP contribution in [0.3, 0.4) is 0 Å². The molecule has 0 bridgehead atoms. The number of fused-ring (bicyclic) bond motifs is 1. The monoisotopic (exact) mass is 333 g/mol. The van der Waals surface area contributed by atoms with Gasteiger partial charge in [0.05, 0.1) is 17.4 Å². The van der Waals surface area contributed by atoms with Crippen LogP contribution in [-0.4, -0.2) is 36.3 Å². The van der Waals surface area contributed by atoms with Crippen molar-refractivity contribution in [3.8, 4) is 17.1 Å². The summed E-state index contributed by atoms with van der Waals surface area (Å²) < 4.78 is 1.68. The molecule has 2 aromatic carbocycles. The van der Waals surface area contributed by atoms with Gasteiger partial charge < -0.3 is 5.11 Å². The second-order valence-corrected chi connectivity index (χ2v) is 5.73. The highest BCUT2D eigenvalue weighted by atomic mass is 16.4. The van der Waals surface area contributed by atoms with Gasteiger partial charge in [-0.05, 0) is 30.2 Å². The van der Waals surface area contributed by atoms with Gasteiger partial charge in [-0.2, -0.15) is 5.10 Å². The van der Waals surface area contributed by atoms with E-state index in [-0.39, 0.29) is 6.42 Å². The summed E-state index contributed by atoms with van der Waals surface area (Å²) in [7, 11) is 0. The van der Waals surface area contributed by atoms with E-state index < -0.39 is 5.97 Å². The molecule has 4 rings (SSSR count). The van der Waals surface area contributed by atoms with Crippen LogP contribution >= 0.6 is 0 Å². The standard InChI is InChI=1S/C18H15N5O2/c24-17(25)10-7-12-5-8-13(9-6-12)23-11-16(20-22-23)18-14-3-1-2-4-15(14)19-21-18/h1-6,8-9,11H,7,10H2,(H,19,21)(H,24,25). The van der Waals surface area contributed by atoms with Crippen molar-refractivity contribution in [1.29, 1.82) is 0 Å². The zero-order valence-corrected chi connectivity index (χ0v) is 13.3. The number of hydrogen-bond acceptors (Lipinski definition) is 4. The molecule has 7 heteroatoms. The average Bonchev–Trinajstić information content (AvgIpc) is 3.27. The van der Waals surface area contributed by atoms with Crippen LogP contribution in [0.2, 0.25) is 0 Å². The predicted octanol–water partition coefficient (Wildman–Crippen LogP) is 2.83. The number of aliphatic carboxylic acids is 1. The lowest BCUT2D eigenvalue weighted by atomic mass is 10.1. The number of H-pyrrole nitrogens is 1. The van der Waals surface area contributed by atoms with Gasteiger partial charge in [-0.3, -0.25) is 9.89 Å². The highest BCUT2D eigenvalue weighted by Crippen LogP contribution is 2.24. The van der Waals surface area contributed by atoms with Crippen molar-refractivity contribution in [2.45, 2.75) is 12.8 Å². The van der Waals surface area contributed by atoms with Gasteiger partial charge in [0.2, 0.25) is 0 Å². The van der Waals surface area contributed by atoms with Crippen LogP contribution in [-0.2, 0) is 11.2 Å². The van der Waals surface area contributed by atoms with E-state index >= 15 is 0 Å². The van der Waals surface area contributed by atoms with Crippen molar-refractivity contribution < 1.29 is 9.90 Å². The number of carboxylic acids is 1. The van der Waals surface area contributed by atoms with Gasteiger partial charge in [-0.1, -0.05) is 35.5 Å². The number of para-hydroxylation sites is 1.